The summed E-state index contributed by atoms with van der Waals surface area (Å²) < 4.78 is 38.9. The fraction of sp³-hybridized carbons (Fsp3) is 0.438. The van der Waals surface area contributed by atoms with Gasteiger partial charge in [0.1, 0.15) is 23.3 Å². The maximum atomic E-state index is 14.5. The van der Waals surface area contributed by atoms with Gasteiger partial charge in [0.2, 0.25) is 0 Å². The van der Waals surface area contributed by atoms with E-state index in [0.29, 0.717) is 34.6 Å². The Kier molecular flexibility index (Phi) is 3.99. The number of aryl methyl sites for hydroxylation is 1. The fourth-order valence-electron chi connectivity index (χ4n) is 3.43. The first-order valence-electron chi connectivity index (χ1n) is 7.83. The number of ether oxygens (including phenoxy) is 1. The van der Waals surface area contributed by atoms with Gasteiger partial charge in [-0.1, -0.05) is 23.0 Å². The Hall–Kier alpha value is -2.00. The lowest BCUT2D eigenvalue weighted by Gasteiger charge is -2.45. The highest BCUT2D eigenvalue weighted by molar-refractivity contribution is 8.13. The molecular formula is C16H16F2N4O2S. The molecule has 0 aliphatic carbocycles. The molecule has 2 aliphatic rings. The zero-order chi connectivity index (χ0) is 17.6. The van der Waals surface area contributed by atoms with Crippen molar-refractivity contribution in [3.8, 4) is 0 Å². The SMILES string of the molecule is Cc1noc([C@H]2CC3CSC(N)=N[C@@]3(c3ccc(F)cc3F)CO2)n1. The monoisotopic (exact) mass is 366 g/mol. The van der Waals surface area contributed by atoms with Crippen molar-refractivity contribution in [2.24, 2.45) is 16.6 Å². The summed E-state index contributed by atoms with van der Waals surface area (Å²) in [5.74, 6) is 0.240. The van der Waals surface area contributed by atoms with Crippen LogP contribution in [0.1, 0.15) is 29.8 Å². The Balaban J connectivity index is 1.73. The van der Waals surface area contributed by atoms with Gasteiger partial charge in [-0.2, -0.15) is 4.98 Å². The molecule has 6 nitrogen and oxygen atoms in total. The zero-order valence-electron chi connectivity index (χ0n) is 13.4. The molecule has 0 saturated carbocycles. The summed E-state index contributed by atoms with van der Waals surface area (Å²) >= 11 is 1.42. The predicted molar refractivity (Wildman–Crippen MR) is 88.0 cm³/mol. The molecule has 0 bridgehead atoms. The first-order valence-corrected chi connectivity index (χ1v) is 8.82. The predicted octanol–water partition coefficient (Wildman–Crippen LogP) is 2.69. The van der Waals surface area contributed by atoms with E-state index in [9.17, 15) is 8.78 Å². The van der Waals surface area contributed by atoms with Gasteiger partial charge < -0.3 is 15.0 Å². The smallest absolute Gasteiger partial charge is 0.255 e. The first-order chi connectivity index (χ1) is 12.0. The van der Waals surface area contributed by atoms with E-state index in [0.717, 1.165) is 6.07 Å². The second kappa shape index (κ2) is 6.06. The molecule has 0 amide bonds. The van der Waals surface area contributed by atoms with Gasteiger partial charge in [0, 0.05) is 23.3 Å². The fourth-order valence-corrected chi connectivity index (χ4v) is 4.44. The summed E-state index contributed by atoms with van der Waals surface area (Å²) in [6, 6.07) is 3.51. The van der Waals surface area contributed by atoms with Crippen LogP contribution in [0.25, 0.3) is 0 Å². The molecule has 2 aromatic rings. The molecule has 9 heteroatoms. The quantitative estimate of drug-likeness (QED) is 0.879. The molecule has 25 heavy (non-hydrogen) atoms. The number of fused-ring (bicyclic) bond motifs is 1. The number of hydrogen-bond acceptors (Lipinski definition) is 7. The van der Waals surface area contributed by atoms with Crippen LogP contribution in [-0.4, -0.2) is 27.7 Å². The van der Waals surface area contributed by atoms with Crippen molar-refractivity contribution >= 4 is 16.9 Å². The van der Waals surface area contributed by atoms with Crippen molar-refractivity contribution in [1.82, 2.24) is 10.1 Å². The van der Waals surface area contributed by atoms with Crippen molar-refractivity contribution in [2.75, 3.05) is 12.4 Å². The summed E-state index contributed by atoms with van der Waals surface area (Å²) in [4.78, 5) is 8.75. The molecule has 3 atom stereocenters. The van der Waals surface area contributed by atoms with Crippen LogP contribution in [-0.2, 0) is 10.3 Å². The van der Waals surface area contributed by atoms with Crippen LogP contribution in [0.15, 0.2) is 27.7 Å². The summed E-state index contributed by atoms with van der Waals surface area (Å²) in [6.45, 7) is 1.84. The molecule has 1 aromatic carbocycles. The van der Waals surface area contributed by atoms with Crippen LogP contribution in [0.2, 0.25) is 0 Å². The third-order valence-corrected chi connectivity index (χ3v) is 5.59. The average molecular weight is 366 g/mol. The maximum Gasteiger partial charge on any atom is 0.255 e. The van der Waals surface area contributed by atoms with Crippen LogP contribution >= 0.6 is 11.8 Å². The van der Waals surface area contributed by atoms with Crippen LogP contribution in [0.3, 0.4) is 0 Å². The van der Waals surface area contributed by atoms with Gasteiger partial charge in [-0.3, -0.25) is 0 Å². The Labute approximate surface area is 146 Å². The van der Waals surface area contributed by atoms with Gasteiger partial charge in [0.15, 0.2) is 11.0 Å². The molecule has 0 radical (unpaired) electrons. The van der Waals surface area contributed by atoms with E-state index in [1.807, 2.05) is 0 Å². The van der Waals surface area contributed by atoms with E-state index in [4.69, 9.17) is 15.0 Å². The maximum absolute atomic E-state index is 14.5. The molecule has 1 aromatic heterocycles. The highest BCUT2D eigenvalue weighted by Gasteiger charge is 2.50. The molecule has 1 unspecified atom stereocenters. The number of aliphatic imine (C=N–C) groups is 1. The van der Waals surface area contributed by atoms with Crippen LogP contribution in [0, 0.1) is 24.5 Å². The third-order valence-electron chi connectivity index (χ3n) is 4.64. The Morgan fingerprint density at radius 1 is 1.36 bits per heavy atom. The number of aromatic nitrogens is 2. The molecule has 132 valence electrons. The second-order valence-corrected chi connectivity index (χ2v) is 7.26. The largest absolute Gasteiger partial charge is 0.379 e. The minimum atomic E-state index is -0.974. The summed E-state index contributed by atoms with van der Waals surface area (Å²) in [6.07, 6.45) is 0.153. The Morgan fingerprint density at radius 2 is 2.20 bits per heavy atom. The average Bonchev–Trinajstić information content (AvgIpc) is 3.00. The van der Waals surface area contributed by atoms with Gasteiger partial charge in [-0.25, -0.2) is 13.8 Å². The van der Waals surface area contributed by atoms with Crippen molar-refractivity contribution in [1.29, 1.82) is 0 Å². The van der Waals surface area contributed by atoms with E-state index >= 15 is 0 Å². The van der Waals surface area contributed by atoms with Crippen molar-refractivity contribution in [3.05, 3.63) is 47.1 Å². The van der Waals surface area contributed by atoms with Crippen molar-refractivity contribution in [3.63, 3.8) is 0 Å². The molecule has 1 saturated heterocycles. The summed E-state index contributed by atoms with van der Waals surface area (Å²) in [7, 11) is 0. The van der Waals surface area contributed by atoms with Crippen molar-refractivity contribution < 1.29 is 18.0 Å². The number of rotatable bonds is 2. The number of nitrogens with zero attached hydrogens (tertiary/aromatic N) is 3. The number of hydrogen-bond donors (Lipinski definition) is 1. The first kappa shape index (κ1) is 16.5. The minimum Gasteiger partial charge on any atom is -0.379 e. The zero-order valence-corrected chi connectivity index (χ0v) is 14.2. The molecule has 4 rings (SSSR count). The third kappa shape index (κ3) is 2.81. The van der Waals surface area contributed by atoms with Crippen LogP contribution < -0.4 is 5.73 Å². The van der Waals surface area contributed by atoms with Gasteiger partial charge in [0.25, 0.3) is 5.89 Å². The topological polar surface area (TPSA) is 86.5 Å². The van der Waals surface area contributed by atoms with Crippen LogP contribution in [0.5, 0.6) is 0 Å². The van der Waals surface area contributed by atoms with E-state index in [1.54, 1.807) is 6.92 Å². The molecule has 0 spiro atoms. The van der Waals surface area contributed by atoms with E-state index in [-0.39, 0.29) is 18.6 Å². The summed E-state index contributed by atoms with van der Waals surface area (Å²) in [5, 5.41) is 4.16. The lowest BCUT2D eigenvalue weighted by Crippen LogP contribution is -2.48. The number of benzene rings is 1. The molecule has 1 fully saturated rings. The van der Waals surface area contributed by atoms with E-state index in [2.05, 4.69) is 15.1 Å². The van der Waals surface area contributed by atoms with Gasteiger partial charge in [0.05, 0.1) is 6.61 Å². The highest BCUT2D eigenvalue weighted by Crippen LogP contribution is 2.49. The molecular weight excluding hydrogens is 350 g/mol. The number of amidine groups is 1. The number of halogens is 2. The second-order valence-electron chi connectivity index (χ2n) is 6.22. The van der Waals surface area contributed by atoms with Gasteiger partial charge >= 0.3 is 0 Å². The molecule has 3 heterocycles. The van der Waals surface area contributed by atoms with E-state index < -0.39 is 17.2 Å². The lowest BCUT2D eigenvalue weighted by molar-refractivity contribution is -0.0715. The number of thioether (sulfide) groups is 1. The number of nitrogens with two attached hydrogens (primary N) is 1. The Morgan fingerprint density at radius 3 is 2.92 bits per heavy atom. The lowest BCUT2D eigenvalue weighted by atomic mass is 9.75. The highest BCUT2D eigenvalue weighted by atomic mass is 32.2. The minimum absolute atomic E-state index is 0.0595. The normalized spacial score (nSPS) is 29.2. The standard InChI is InChI=1S/C16H16F2N4O2S/c1-8-20-14(24-22-8)13-4-9-6-25-15(19)21-16(9,7-23-13)11-3-2-10(17)5-12(11)18/h2-3,5,9,13H,4,6-7H2,1H3,(H2,19,21)/t9?,13-,16+/m1/s1. The summed E-state index contributed by atoms with van der Waals surface area (Å²) in [5.41, 5.74) is 5.23. The van der Waals surface area contributed by atoms with E-state index in [1.165, 1.54) is 23.9 Å². The van der Waals surface area contributed by atoms with Crippen LogP contribution in [0.4, 0.5) is 8.78 Å². The van der Waals surface area contributed by atoms with Gasteiger partial charge in [-0.15, -0.1) is 0 Å². The Bertz CT molecular complexity index is 843. The molecule has 2 aliphatic heterocycles. The molecule has 2 N–H and O–H groups in total. The van der Waals surface area contributed by atoms with Crippen molar-refractivity contribution in [2.45, 2.75) is 25.0 Å². The van der Waals surface area contributed by atoms with Gasteiger partial charge in [-0.05, 0) is 19.4 Å².